The van der Waals surface area contributed by atoms with Gasteiger partial charge < -0.3 is 19.1 Å². The lowest BCUT2D eigenvalue weighted by Gasteiger charge is -2.41. The lowest BCUT2D eigenvalue weighted by atomic mass is 10.0. The molecule has 9 nitrogen and oxygen atoms in total. The quantitative estimate of drug-likeness (QED) is 0.385. The van der Waals surface area contributed by atoms with Crippen LogP contribution in [0.1, 0.15) is 44.1 Å². The molecular weight excluding hydrogens is 528 g/mol. The highest BCUT2D eigenvalue weighted by Crippen LogP contribution is 2.46. The first-order valence-electron chi connectivity index (χ1n) is 13.3. The van der Waals surface area contributed by atoms with Gasteiger partial charge >= 0.3 is 6.09 Å². The van der Waals surface area contributed by atoms with Gasteiger partial charge in [-0.3, -0.25) is 9.80 Å². The zero-order valence-corrected chi connectivity index (χ0v) is 23.7. The first-order chi connectivity index (χ1) is 18.2. The van der Waals surface area contributed by atoms with Crippen molar-refractivity contribution in [3.63, 3.8) is 0 Å². The molecule has 1 aromatic carbocycles. The van der Waals surface area contributed by atoms with Gasteiger partial charge in [-0.25, -0.2) is 9.18 Å². The summed E-state index contributed by atoms with van der Waals surface area (Å²) in [5.41, 5.74) is 0.296. The number of rotatable bonds is 4. The number of amides is 2. The van der Waals surface area contributed by atoms with Crippen LogP contribution in [0.2, 0.25) is 0 Å². The third-order valence-electron chi connectivity index (χ3n) is 7.48. The van der Waals surface area contributed by atoms with E-state index < -0.39 is 25.1 Å². The van der Waals surface area contributed by atoms with Crippen LogP contribution in [0.5, 0.6) is 5.75 Å². The summed E-state index contributed by atoms with van der Waals surface area (Å²) in [6.07, 6.45) is 7.18. The minimum Gasteiger partial charge on any atom is -0.410 e. The Labute approximate surface area is 227 Å². The van der Waals surface area contributed by atoms with Crippen molar-refractivity contribution in [2.45, 2.75) is 44.6 Å². The topological polar surface area (TPSA) is 85.8 Å². The number of halogens is 1. The molecule has 0 aliphatic carbocycles. The number of aliphatic imine (C=N–C) groups is 1. The van der Waals surface area contributed by atoms with Crippen LogP contribution < -0.4 is 4.74 Å². The summed E-state index contributed by atoms with van der Waals surface area (Å²) < 4.78 is 34.5. The number of ether oxygens (including phenoxy) is 1. The molecule has 0 saturated carbocycles. The first-order valence-corrected chi connectivity index (χ1v) is 16.7. The molecular formula is C26H35FN5O4PS. The first kappa shape index (κ1) is 27.4. The smallest absolute Gasteiger partial charge is 0.410 e. The number of piperidine rings is 1. The molecule has 4 aliphatic heterocycles. The van der Waals surface area contributed by atoms with Gasteiger partial charge in [0.25, 0.3) is 5.91 Å². The molecule has 0 N–H and O–H groups in total. The van der Waals surface area contributed by atoms with Gasteiger partial charge in [0.1, 0.15) is 11.6 Å². The van der Waals surface area contributed by atoms with Crippen molar-refractivity contribution >= 4 is 42.3 Å². The summed E-state index contributed by atoms with van der Waals surface area (Å²) in [6.45, 7) is 8.17. The van der Waals surface area contributed by atoms with Crippen molar-refractivity contribution in [3.8, 4) is 5.75 Å². The molecule has 0 aromatic heterocycles. The normalized spacial score (nSPS) is 23.4. The maximum absolute atomic E-state index is 14.2. The van der Waals surface area contributed by atoms with Gasteiger partial charge in [-0.2, -0.15) is 9.77 Å². The Hall–Kier alpha value is -2.20. The van der Waals surface area contributed by atoms with Crippen LogP contribution in [0.3, 0.4) is 0 Å². The van der Waals surface area contributed by atoms with Crippen molar-refractivity contribution in [1.29, 1.82) is 0 Å². The van der Waals surface area contributed by atoms with E-state index in [1.165, 1.54) is 37.1 Å². The molecule has 38 heavy (non-hydrogen) atoms. The molecule has 0 spiro atoms. The van der Waals surface area contributed by atoms with Gasteiger partial charge in [-0.15, -0.1) is 0 Å². The number of hydrogen-bond acceptors (Lipinski definition) is 7. The molecule has 0 radical (unpaired) electrons. The molecule has 12 heteroatoms. The molecule has 206 valence electrons. The monoisotopic (exact) mass is 563 g/mol. The number of likely N-dealkylation sites (tertiary alicyclic amines) is 2. The van der Waals surface area contributed by atoms with Crippen LogP contribution in [-0.2, 0) is 9.36 Å². The number of nitrogens with zero attached hydrogens (tertiary/aromatic N) is 5. The summed E-state index contributed by atoms with van der Waals surface area (Å²) in [4.78, 5) is 34.5. The molecule has 4 aliphatic rings. The minimum absolute atomic E-state index is 0.193. The van der Waals surface area contributed by atoms with Crippen LogP contribution in [-0.4, -0.2) is 95.4 Å². The van der Waals surface area contributed by atoms with Gasteiger partial charge in [0.15, 0.2) is 12.5 Å². The fourth-order valence-corrected chi connectivity index (χ4v) is 7.82. The molecule has 5 rings (SSSR count). The average molecular weight is 564 g/mol. The van der Waals surface area contributed by atoms with Crippen molar-refractivity contribution in [2.24, 2.45) is 4.99 Å². The molecule has 3 fully saturated rings. The lowest BCUT2D eigenvalue weighted by molar-refractivity contribution is -0.113. The highest BCUT2D eigenvalue weighted by atomic mass is 32.2. The van der Waals surface area contributed by atoms with E-state index in [2.05, 4.69) is 9.89 Å². The van der Waals surface area contributed by atoms with Gasteiger partial charge in [-0.1, -0.05) is 0 Å². The number of thioether (sulfide) groups is 1. The van der Waals surface area contributed by atoms with E-state index in [9.17, 15) is 18.5 Å². The van der Waals surface area contributed by atoms with E-state index in [1.807, 2.05) is 5.01 Å². The number of carbonyl (C=O) groups is 2. The Balaban J connectivity index is 1.27. The summed E-state index contributed by atoms with van der Waals surface area (Å²) >= 11 is 1.16. The van der Waals surface area contributed by atoms with E-state index in [4.69, 9.17) is 4.74 Å². The maximum Gasteiger partial charge on any atom is 0.415 e. The van der Waals surface area contributed by atoms with Gasteiger partial charge in [0.2, 0.25) is 0 Å². The van der Waals surface area contributed by atoms with Gasteiger partial charge in [0.05, 0.1) is 4.91 Å². The molecule has 3 saturated heterocycles. The van der Waals surface area contributed by atoms with Crippen LogP contribution in [0.25, 0.3) is 6.08 Å². The number of hydrogen-bond donors (Lipinski definition) is 0. The van der Waals surface area contributed by atoms with E-state index in [0.29, 0.717) is 47.9 Å². The lowest BCUT2D eigenvalue weighted by Crippen LogP contribution is -2.46. The standard InChI is InChI=1S/C26H35FN5O4PS/c1-37(2,35)32-14-6-5-13-31(32)25-28-24(33)23(38-25)18-19-17-20(27)7-8-22(19)36-26(34)30-15-9-21(10-16-30)29-11-3-4-12-29/h7-8,17-18,21H,3-6,9-16H2,1-2H3/b23-18-. The molecule has 0 unspecified atom stereocenters. The second-order valence-electron chi connectivity index (χ2n) is 10.5. The predicted molar refractivity (Wildman–Crippen MR) is 148 cm³/mol. The zero-order valence-electron chi connectivity index (χ0n) is 22.0. The second kappa shape index (κ2) is 11.5. The van der Waals surface area contributed by atoms with Crippen molar-refractivity contribution < 1.29 is 23.3 Å². The minimum atomic E-state index is -2.59. The summed E-state index contributed by atoms with van der Waals surface area (Å²) in [5.74, 6) is -0.763. The Kier molecular flexibility index (Phi) is 8.28. The third-order valence-corrected chi connectivity index (χ3v) is 10.0. The highest BCUT2D eigenvalue weighted by Gasteiger charge is 2.36. The van der Waals surface area contributed by atoms with Crippen LogP contribution in [0.15, 0.2) is 28.1 Å². The van der Waals surface area contributed by atoms with Gasteiger partial charge in [-0.05, 0) is 87.7 Å². The molecule has 0 bridgehead atoms. The molecule has 1 aromatic rings. The van der Waals surface area contributed by atoms with Crippen LogP contribution in [0, 0.1) is 5.82 Å². The summed E-state index contributed by atoms with van der Waals surface area (Å²) in [7, 11) is -2.59. The Morgan fingerprint density at radius 2 is 1.76 bits per heavy atom. The van der Waals surface area contributed by atoms with Crippen LogP contribution in [0.4, 0.5) is 9.18 Å². The number of amidine groups is 1. The molecule has 2 amide bonds. The Morgan fingerprint density at radius 3 is 2.47 bits per heavy atom. The van der Waals surface area contributed by atoms with E-state index in [-0.39, 0.29) is 5.75 Å². The summed E-state index contributed by atoms with van der Waals surface area (Å²) in [5, 5.41) is 2.28. The SMILES string of the molecule is CP(C)(=O)N1CCCCN1C1=NC(=O)/C(=C/c2cc(F)ccc2OC(=O)N2CCC(N3CCCC3)CC2)S1. The predicted octanol–water partition coefficient (Wildman–Crippen LogP) is 4.71. The third kappa shape index (κ3) is 6.17. The van der Waals surface area contributed by atoms with Crippen LogP contribution >= 0.6 is 19.1 Å². The highest BCUT2D eigenvalue weighted by molar-refractivity contribution is 8.18. The maximum atomic E-state index is 14.2. The fourth-order valence-electron chi connectivity index (χ4n) is 5.50. The van der Waals surface area contributed by atoms with E-state index in [0.717, 1.165) is 50.5 Å². The largest absolute Gasteiger partial charge is 0.415 e. The second-order valence-corrected chi connectivity index (χ2v) is 14.6. The average Bonchev–Trinajstić information content (AvgIpc) is 3.56. The van der Waals surface area contributed by atoms with Crippen molar-refractivity contribution in [3.05, 3.63) is 34.5 Å². The Bertz CT molecular complexity index is 1190. The summed E-state index contributed by atoms with van der Waals surface area (Å²) in [6, 6.07) is 4.42. The van der Waals surface area contributed by atoms with E-state index >= 15 is 0 Å². The molecule has 0 atom stereocenters. The number of hydrazine groups is 1. The van der Waals surface area contributed by atoms with E-state index in [1.54, 1.807) is 23.0 Å². The Morgan fingerprint density at radius 1 is 1.08 bits per heavy atom. The fraction of sp³-hybridized carbons (Fsp3) is 0.577. The number of carbonyl (C=O) groups excluding carboxylic acids is 2. The van der Waals surface area contributed by atoms with Crippen molar-refractivity contribution in [2.75, 3.05) is 52.6 Å². The molecule has 4 heterocycles. The van der Waals surface area contributed by atoms with Crippen molar-refractivity contribution in [1.82, 2.24) is 19.6 Å². The van der Waals surface area contributed by atoms with Gasteiger partial charge in [0, 0.05) is 51.1 Å². The number of benzene rings is 1. The zero-order chi connectivity index (χ0) is 26.9.